The summed E-state index contributed by atoms with van der Waals surface area (Å²) in [6, 6.07) is 19.8. The standard InChI is InChI=1S/C31H30F3NO3/c1-19-13-14-20(15-28(19)31(32,33)34)30(37)16-21-7-6-8-22(17-30)35(21)29(36)38-18-27-25-11-4-2-9-23(25)24-10-3-5-12-26(24)27/h2-5,9-15,21-22,27,37H,6-8,16-18H2,1H3. The Morgan fingerprint density at radius 2 is 1.55 bits per heavy atom. The number of halogens is 3. The molecule has 198 valence electrons. The van der Waals surface area contributed by atoms with Crippen molar-refractivity contribution in [3.05, 3.63) is 94.5 Å². The molecule has 3 aliphatic rings. The molecule has 0 spiro atoms. The van der Waals surface area contributed by atoms with E-state index < -0.39 is 23.4 Å². The van der Waals surface area contributed by atoms with Crippen LogP contribution in [0.25, 0.3) is 11.1 Å². The van der Waals surface area contributed by atoms with Gasteiger partial charge in [-0.2, -0.15) is 13.2 Å². The number of piperidine rings is 2. The topological polar surface area (TPSA) is 49.8 Å². The zero-order valence-electron chi connectivity index (χ0n) is 21.2. The Morgan fingerprint density at radius 3 is 2.13 bits per heavy atom. The molecule has 2 heterocycles. The molecule has 0 radical (unpaired) electrons. The lowest BCUT2D eigenvalue weighted by Crippen LogP contribution is -2.59. The molecule has 6 rings (SSSR count). The van der Waals surface area contributed by atoms with E-state index in [0.29, 0.717) is 12.8 Å². The van der Waals surface area contributed by atoms with E-state index in [2.05, 4.69) is 24.3 Å². The van der Waals surface area contributed by atoms with Crippen LogP contribution in [0.3, 0.4) is 0 Å². The van der Waals surface area contributed by atoms with Gasteiger partial charge in [-0.25, -0.2) is 4.79 Å². The van der Waals surface area contributed by atoms with Crippen LogP contribution in [-0.2, 0) is 16.5 Å². The number of benzene rings is 3. The largest absolute Gasteiger partial charge is 0.448 e. The van der Waals surface area contributed by atoms with Crippen LogP contribution in [0.2, 0.25) is 0 Å². The van der Waals surface area contributed by atoms with Crippen LogP contribution in [0.15, 0.2) is 66.7 Å². The van der Waals surface area contributed by atoms with Crippen molar-refractivity contribution in [2.24, 2.45) is 0 Å². The quantitative estimate of drug-likeness (QED) is 0.398. The monoisotopic (exact) mass is 521 g/mol. The molecule has 2 unspecified atom stereocenters. The molecule has 38 heavy (non-hydrogen) atoms. The molecule has 1 N–H and O–H groups in total. The van der Waals surface area contributed by atoms with E-state index in [1.807, 2.05) is 24.3 Å². The first-order chi connectivity index (χ1) is 18.2. The number of alkyl halides is 3. The van der Waals surface area contributed by atoms with Gasteiger partial charge in [-0.05, 0) is 65.6 Å². The number of ether oxygens (including phenoxy) is 1. The van der Waals surface area contributed by atoms with Crippen LogP contribution in [-0.4, -0.2) is 34.8 Å². The first-order valence-electron chi connectivity index (χ1n) is 13.2. The third-order valence-electron chi connectivity index (χ3n) is 8.64. The molecule has 2 bridgehead atoms. The molecule has 7 heteroatoms. The second kappa shape index (κ2) is 9.16. The fourth-order valence-corrected chi connectivity index (χ4v) is 6.85. The van der Waals surface area contributed by atoms with Crippen LogP contribution in [0.4, 0.5) is 18.0 Å². The lowest BCUT2D eigenvalue weighted by Gasteiger charge is -2.51. The van der Waals surface area contributed by atoms with E-state index >= 15 is 0 Å². The predicted octanol–water partition coefficient (Wildman–Crippen LogP) is 7.17. The van der Waals surface area contributed by atoms with E-state index in [9.17, 15) is 23.1 Å². The first kappa shape index (κ1) is 25.0. The Morgan fingerprint density at radius 1 is 0.974 bits per heavy atom. The maximum atomic E-state index is 13.6. The smallest absolute Gasteiger partial charge is 0.416 e. The van der Waals surface area contributed by atoms with Crippen LogP contribution < -0.4 is 0 Å². The summed E-state index contributed by atoms with van der Waals surface area (Å²) in [6.07, 6.45) is -2.26. The van der Waals surface area contributed by atoms with Gasteiger partial charge < -0.3 is 14.7 Å². The van der Waals surface area contributed by atoms with Crippen molar-refractivity contribution in [1.29, 1.82) is 0 Å². The van der Waals surface area contributed by atoms with Gasteiger partial charge in [0.1, 0.15) is 6.61 Å². The summed E-state index contributed by atoms with van der Waals surface area (Å²) in [6.45, 7) is 1.63. The Hall–Kier alpha value is -3.32. The molecule has 1 aliphatic carbocycles. The van der Waals surface area contributed by atoms with Crippen LogP contribution in [0.5, 0.6) is 0 Å². The van der Waals surface area contributed by atoms with E-state index in [0.717, 1.165) is 34.7 Å². The van der Waals surface area contributed by atoms with Crippen molar-refractivity contribution in [2.75, 3.05) is 6.61 Å². The molecule has 2 fully saturated rings. The maximum Gasteiger partial charge on any atom is 0.416 e. The van der Waals surface area contributed by atoms with Crippen LogP contribution in [0.1, 0.15) is 65.8 Å². The number of fused-ring (bicyclic) bond motifs is 5. The highest BCUT2D eigenvalue weighted by Gasteiger charge is 2.49. The zero-order valence-corrected chi connectivity index (χ0v) is 21.2. The van der Waals surface area contributed by atoms with Crippen molar-refractivity contribution >= 4 is 6.09 Å². The Kier molecular flexibility index (Phi) is 6.02. The number of rotatable bonds is 3. The van der Waals surface area contributed by atoms with Crippen molar-refractivity contribution in [3.8, 4) is 11.1 Å². The Bertz CT molecular complexity index is 1330. The summed E-state index contributed by atoms with van der Waals surface area (Å²) >= 11 is 0. The lowest BCUT2D eigenvalue weighted by atomic mass is 9.72. The minimum Gasteiger partial charge on any atom is -0.448 e. The van der Waals surface area contributed by atoms with E-state index in [4.69, 9.17) is 4.74 Å². The van der Waals surface area contributed by atoms with E-state index in [-0.39, 0.29) is 48.6 Å². The van der Waals surface area contributed by atoms with Crippen LogP contribution >= 0.6 is 0 Å². The molecule has 0 saturated carbocycles. The molecule has 3 aromatic carbocycles. The number of carbonyl (C=O) groups excluding carboxylic acids is 1. The molecular formula is C31H30F3NO3. The predicted molar refractivity (Wildman–Crippen MR) is 138 cm³/mol. The van der Waals surface area contributed by atoms with Crippen molar-refractivity contribution in [1.82, 2.24) is 4.90 Å². The van der Waals surface area contributed by atoms with Crippen molar-refractivity contribution in [3.63, 3.8) is 0 Å². The Labute approximate surface area is 220 Å². The van der Waals surface area contributed by atoms with Gasteiger partial charge in [-0.3, -0.25) is 0 Å². The number of hydrogen-bond acceptors (Lipinski definition) is 3. The number of aliphatic hydroxyl groups is 1. The second-order valence-corrected chi connectivity index (χ2v) is 10.9. The van der Waals surface area contributed by atoms with E-state index in [1.165, 1.54) is 13.0 Å². The number of aryl methyl sites for hydroxylation is 1. The van der Waals surface area contributed by atoms with Gasteiger partial charge in [0.25, 0.3) is 0 Å². The normalized spacial score (nSPS) is 24.6. The third kappa shape index (κ3) is 4.17. The van der Waals surface area contributed by atoms with Crippen molar-refractivity contribution in [2.45, 2.75) is 68.8 Å². The third-order valence-corrected chi connectivity index (χ3v) is 8.64. The second-order valence-electron chi connectivity index (χ2n) is 10.9. The fraction of sp³-hybridized carbons (Fsp3) is 0.387. The van der Waals surface area contributed by atoms with Gasteiger partial charge >= 0.3 is 12.3 Å². The van der Waals surface area contributed by atoms with E-state index in [1.54, 1.807) is 11.0 Å². The van der Waals surface area contributed by atoms with Gasteiger partial charge in [0, 0.05) is 30.8 Å². The highest BCUT2D eigenvalue weighted by Crippen LogP contribution is 2.47. The number of nitrogens with zero attached hydrogens (tertiary/aromatic N) is 1. The summed E-state index contributed by atoms with van der Waals surface area (Å²) in [5.41, 5.74) is 2.81. The number of hydrogen-bond donors (Lipinski definition) is 1. The summed E-state index contributed by atoms with van der Waals surface area (Å²) in [5, 5.41) is 11.6. The number of carbonyl (C=O) groups is 1. The number of amides is 1. The Balaban J connectivity index is 1.21. The SMILES string of the molecule is Cc1ccc(C2(O)CC3CCCC(C2)N3C(=O)OCC2c3ccccc3-c3ccccc32)cc1C(F)(F)F. The molecule has 0 aromatic heterocycles. The summed E-state index contributed by atoms with van der Waals surface area (Å²) in [5.74, 6) is -0.0544. The average Bonchev–Trinajstić information content (AvgIpc) is 3.20. The molecular weight excluding hydrogens is 491 g/mol. The van der Waals surface area contributed by atoms with Gasteiger partial charge in [0.2, 0.25) is 0 Å². The van der Waals surface area contributed by atoms with Gasteiger partial charge in [-0.15, -0.1) is 0 Å². The molecule has 3 aromatic rings. The highest BCUT2D eigenvalue weighted by atomic mass is 19.4. The molecule has 1 amide bonds. The van der Waals surface area contributed by atoms with Crippen molar-refractivity contribution < 1.29 is 27.8 Å². The molecule has 2 saturated heterocycles. The maximum absolute atomic E-state index is 13.6. The highest BCUT2D eigenvalue weighted by molar-refractivity contribution is 5.79. The first-order valence-corrected chi connectivity index (χ1v) is 13.2. The summed E-state index contributed by atoms with van der Waals surface area (Å²) in [4.78, 5) is 15.2. The average molecular weight is 522 g/mol. The molecule has 4 nitrogen and oxygen atoms in total. The fourth-order valence-electron chi connectivity index (χ4n) is 6.85. The molecule has 2 atom stereocenters. The lowest BCUT2D eigenvalue weighted by molar-refractivity contribution is -0.138. The molecule has 2 aliphatic heterocycles. The van der Waals surface area contributed by atoms with Gasteiger partial charge in [0.05, 0.1) is 11.2 Å². The summed E-state index contributed by atoms with van der Waals surface area (Å²) < 4.78 is 46.6. The minimum atomic E-state index is -4.49. The van der Waals surface area contributed by atoms with Gasteiger partial charge in [-0.1, -0.05) is 60.7 Å². The van der Waals surface area contributed by atoms with Gasteiger partial charge in [0.15, 0.2) is 0 Å². The zero-order chi connectivity index (χ0) is 26.7. The minimum absolute atomic E-state index is 0.0544. The summed E-state index contributed by atoms with van der Waals surface area (Å²) in [7, 11) is 0. The van der Waals surface area contributed by atoms with Crippen LogP contribution in [0, 0.1) is 6.92 Å².